The number of aliphatic carboxylic acids is 3. The summed E-state index contributed by atoms with van der Waals surface area (Å²) in [6.07, 6.45) is -0.0797. The summed E-state index contributed by atoms with van der Waals surface area (Å²) in [5, 5.41) is 26.4. The van der Waals surface area contributed by atoms with Crippen LogP contribution in [-0.2, 0) is 14.4 Å². The number of hydrogen-bond donors (Lipinski definition) is 3. The summed E-state index contributed by atoms with van der Waals surface area (Å²) in [7, 11) is 0. The van der Waals surface area contributed by atoms with E-state index in [0.717, 1.165) is 0 Å². The Morgan fingerprint density at radius 1 is 1.12 bits per heavy atom. The number of hydrogen-bond acceptors (Lipinski definition) is 3. The Morgan fingerprint density at radius 3 is 1.94 bits per heavy atom. The molecule has 98 valence electrons. The SMILES string of the molecule is CCC(CC(=O)O)CC(C)(CC(=O)O)C(=O)O. The maximum Gasteiger partial charge on any atom is 0.309 e. The fourth-order valence-corrected chi connectivity index (χ4v) is 1.81. The molecular weight excluding hydrogens is 228 g/mol. The summed E-state index contributed by atoms with van der Waals surface area (Å²) in [6.45, 7) is 3.10. The largest absolute Gasteiger partial charge is 0.481 e. The molecule has 0 saturated carbocycles. The van der Waals surface area contributed by atoms with E-state index in [9.17, 15) is 14.4 Å². The van der Waals surface area contributed by atoms with Gasteiger partial charge in [-0.1, -0.05) is 13.3 Å². The van der Waals surface area contributed by atoms with Crippen molar-refractivity contribution in [3.8, 4) is 0 Å². The molecule has 0 heterocycles. The Hall–Kier alpha value is -1.59. The molecule has 2 atom stereocenters. The minimum atomic E-state index is -1.41. The molecule has 3 N–H and O–H groups in total. The van der Waals surface area contributed by atoms with Crippen LogP contribution >= 0.6 is 0 Å². The second-order valence-electron chi connectivity index (χ2n) is 4.51. The molecule has 0 aliphatic carbocycles. The van der Waals surface area contributed by atoms with E-state index in [1.54, 1.807) is 6.92 Å². The maximum absolute atomic E-state index is 11.1. The van der Waals surface area contributed by atoms with Crippen LogP contribution in [0.15, 0.2) is 0 Å². The second-order valence-corrected chi connectivity index (χ2v) is 4.51. The lowest BCUT2D eigenvalue weighted by Gasteiger charge is -2.26. The number of carboxylic acids is 3. The van der Waals surface area contributed by atoms with Crippen molar-refractivity contribution in [2.75, 3.05) is 0 Å². The van der Waals surface area contributed by atoms with E-state index in [-0.39, 0.29) is 18.8 Å². The molecule has 6 nitrogen and oxygen atoms in total. The van der Waals surface area contributed by atoms with Crippen LogP contribution in [0.5, 0.6) is 0 Å². The van der Waals surface area contributed by atoms with Crippen molar-refractivity contribution in [3.63, 3.8) is 0 Å². The zero-order valence-corrected chi connectivity index (χ0v) is 9.97. The van der Waals surface area contributed by atoms with E-state index in [2.05, 4.69) is 0 Å². The second kappa shape index (κ2) is 6.22. The molecule has 0 rings (SSSR count). The molecule has 0 aromatic heterocycles. The summed E-state index contributed by atoms with van der Waals surface area (Å²) in [5.74, 6) is -3.73. The highest BCUT2D eigenvalue weighted by atomic mass is 16.4. The van der Waals surface area contributed by atoms with Gasteiger partial charge in [-0.05, 0) is 19.3 Å². The molecule has 17 heavy (non-hydrogen) atoms. The predicted octanol–water partition coefficient (Wildman–Crippen LogP) is 1.44. The highest BCUT2D eigenvalue weighted by molar-refractivity contribution is 5.81. The van der Waals surface area contributed by atoms with E-state index < -0.39 is 29.7 Å². The van der Waals surface area contributed by atoms with Gasteiger partial charge < -0.3 is 15.3 Å². The number of carboxylic acid groups (broad SMARTS) is 3. The van der Waals surface area contributed by atoms with Gasteiger partial charge in [0.05, 0.1) is 11.8 Å². The van der Waals surface area contributed by atoms with Gasteiger partial charge in [0.15, 0.2) is 0 Å². The third-order valence-corrected chi connectivity index (χ3v) is 2.84. The van der Waals surface area contributed by atoms with Crippen molar-refractivity contribution in [3.05, 3.63) is 0 Å². The first-order valence-corrected chi connectivity index (χ1v) is 5.38. The van der Waals surface area contributed by atoms with Gasteiger partial charge in [-0.15, -0.1) is 0 Å². The van der Waals surface area contributed by atoms with Gasteiger partial charge in [-0.25, -0.2) is 0 Å². The van der Waals surface area contributed by atoms with Crippen LogP contribution in [0.3, 0.4) is 0 Å². The summed E-state index contributed by atoms with van der Waals surface area (Å²) in [6, 6.07) is 0. The van der Waals surface area contributed by atoms with Crippen molar-refractivity contribution < 1.29 is 29.7 Å². The lowest BCUT2D eigenvalue weighted by atomic mass is 9.76. The molecular formula is C11H18O6. The molecule has 2 unspecified atom stereocenters. The Bertz CT molecular complexity index is 311. The monoisotopic (exact) mass is 246 g/mol. The average molecular weight is 246 g/mol. The minimum absolute atomic E-state index is 0.0530. The van der Waals surface area contributed by atoms with Crippen molar-refractivity contribution in [2.45, 2.75) is 39.5 Å². The van der Waals surface area contributed by atoms with Gasteiger partial charge in [0.1, 0.15) is 0 Å². The van der Waals surface area contributed by atoms with Gasteiger partial charge in [0.25, 0.3) is 0 Å². The number of carbonyl (C=O) groups is 3. The van der Waals surface area contributed by atoms with Gasteiger partial charge in [0.2, 0.25) is 0 Å². The molecule has 0 spiro atoms. The van der Waals surface area contributed by atoms with E-state index in [1.165, 1.54) is 6.92 Å². The Kier molecular flexibility index (Phi) is 5.64. The molecule has 0 aliphatic heterocycles. The van der Waals surface area contributed by atoms with E-state index in [0.29, 0.717) is 6.42 Å². The highest BCUT2D eigenvalue weighted by Crippen LogP contribution is 2.33. The molecule has 0 aromatic carbocycles. The van der Waals surface area contributed by atoms with Crippen LogP contribution in [0.1, 0.15) is 39.5 Å². The first-order chi connectivity index (χ1) is 7.71. The molecule has 0 radical (unpaired) electrons. The maximum atomic E-state index is 11.1. The van der Waals surface area contributed by atoms with Crippen LogP contribution in [0.2, 0.25) is 0 Å². The molecule has 6 heteroatoms. The Balaban J connectivity index is 4.77. The van der Waals surface area contributed by atoms with Crippen molar-refractivity contribution in [2.24, 2.45) is 11.3 Å². The fourth-order valence-electron chi connectivity index (χ4n) is 1.81. The summed E-state index contributed by atoms with van der Waals surface area (Å²) >= 11 is 0. The Labute approximate surface area is 99.3 Å². The lowest BCUT2D eigenvalue weighted by Crippen LogP contribution is -2.33. The van der Waals surface area contributed by atoms with Gasteiger partial charge >= 0.3 is 17.9 Å². The highest BCUT2D eigenvalue weighted by Gasteiger charge is 2.38. The zero-order chi connectivity index (χ0) is 13.6. The molecule has 0 amide bonds. The van der Waals surface area contributed by atoms with E-state index in [1.807, 2.05) is 0 Å². The topological polar surface area (TPSA) is 112 Å². The van der Waals surface area contributed by atoms with E-state index >= 15 is 0 Å². The molecule has 0 aromatic rings. The smallest absolute Gasteiger partial charge is 0.309 e. The summed E-state index contributed by atoms with van der Waals surface area (Å²) in [4.78, 5) is 32.3. The van der Waals surface area contributed by atoms with E-state index in [4.69, 9.17) is 15.3 Å². The first-order valence-electron chi connectivity index (χ1n) is 5.38. The molecule has 0 fully saturated rings. The van der Waals surface area contributed by atoms with Crippen molar-refractivity contribution in [1.29, 1.82) is 0 Å². The normalized spacial score (nSPS) is 15.9. The van der Waals surface area contributed by atoms with Crippen LogP contribution in [0, 0.1) is 11.3 Å². The summed E-state index contributed by atoms with van der Waals surface area (Å²) in [5.41, 5.74) is -1.41. The quantitative estimate of drug-likeness (QED) is 0.597. The van der Waals surface area contributed by atoms with Crippen LogP contribution in [0.25, 0.3) is 0 Å². The van der Waals surface area contributed by atoms with Crippen LogP contribution < -0.4 is 0 Å². The molecule has 0 saturated heterocycles. The zero-order valence-electron chi connectivity index (χ0n) is 9.97. The third kappa shape index (κ3) is 5.33. The number of rotatable bonds is 8. The molecule has 0 aliphatic rings. The lowest BCUT2D eigenvalue weighted by molar-refractivity contribution is -0.156. The van der Waals surface area contributed by atoms with Gasteiger partial charge in [-0.2, -0.15) is 0 Å². The third-order valence-electron chi connectivity index (χ3n) is 2.84. The van der Waals surface area contributed by atoms with Crippen LogP contribution in [-0.4, -0.2) is 33.2 Å². The predicted molar refractivity (Wildman–Crippen MR) is 58.6 cm³/mol. The van der Waals surface area contributed by atoms with Gasteiger partial charge in [0, 0.05) is 6.42 Å². The molecule has 0 bridgehead atoms. The average Bonchev–Trinajstić information content (AvgIpc) is 2.14. The first kappa shape index (κ1) is 15.4. The Morgan fingerprint density at radius 2 is 1.65 bits per heavy atom. The van der Waals surface area contributed by atoms with Crippen molar-refractivity contribution >= 4 is 17.9 Å². The standard InChI is InChI=1S/C11H18O6/c1-3-7(4-8(12)13)5-11(2,10(16)17)6-9(14)15/h7H,3-6H2,1-2H3,(H,12,13)(H,14,15)(H,16,17). The minimum Gasteiger partial charge on any atom is -0.481 e. The fraction of sp³-hybridized carbons (Fsp3) is 0.727. The van der Waals surface area contributed by atoms with Crippen molar-refractivity contribution in [1.82, 2.24) is 0 Å². The van der Waals surface area contributed by atoms with Gasteiger partial charge in [-0.3, -0.25) is 14.4 Å². The summed E-state index contributed by atoms with van der Waals surface area (Å²) < 4.78 is 0. The van der Waals surface area contributed by atoms with Crippen LogP contribution in [0.4, 0.5) is 0 Å².